The van der Waals surface area contributed by atoms with Crippen LogP contribution in [0.25, 0.3) is 0 Å². The molecule has 1 fully saturated rings. The normalized spacial score (nSPS) is 14.2. The molecule has 1 aliphatic heterocycles. The van der Waals surface area contributed by atoms with Crippen LogP contribution in [0, 0.1) is 0 Å². The number of nitrogens with zero attached hydrogens (tertiary/aromatic N) is 3. The molecule has 1 saturated heterocycles. The Kier molecular flexibility index (Phi) is 7.47. The van der Waals surface area contributed by atoms with E-state index in [0.29, 0.717) is 17.8 Å². The zero-order valence-electron chi connectivity index (χ0n) is 19.2. The summed E-state index contributed by atoms with van der Waals surface area (Å²) in [6.07, 6.45) is 0. The highest BCUT2D eigenvalue weighted by atomic mass is 16.5. The molecule has 0 saturated carbocycles. The van der Waals surface area contributed by atoms with Gasteiger partial charge in [0.1, 0.15) is 0 Å². The van der Waals surface area contributed by atoms with Crippen molar-refractivity contribution < 1.29 is 9.53 Å². The van der Waals surface area contributed by atoms with Gasteiger partial charge in [-0.1, -0.05) is 48.5 Å². The van der Waals surface area contributed by atoms with Gasteiger partial charge in [-0.25, -0.2) is 4.79 Å². The molecule has 6 nitrogen and oxygen atoms in total. The number of rotatable bonds is 8. The standard InChI is InChI=1S/C27H32N4O2/c1-33-27(32)25-20-23(28)12-13-26(25)31(21-22-8-4-2-5-9-22)19-16-29-14-17-30(18-15-29)24-10-6-3-7-11-24/h2-13,20H,14-19,21,28H2,1H3. The molecule has 0 unspecified atom stereocenters. The summed E-state index contributed by atoms with van der Waals surface area (Å²) < 4.78 is 5.04. The minimum absolute atomic E-state index is 0.369. The Morgan fingerprint density at radius 3 is 2.27 bits per heavy atom. The van der Waals surface area contributed by atoms with E-state index in [1.54, 1.807) is 6.07 Å². The van der Waals surface area contributed by atoms with E-state index in [1.807, 2.05) is 30.3 Å². The predicted molar refractivity (Wildman–Crippen MR) is 135 cm³/mol. The minimum atomic E-state index is -0.369. The second-order valence-electron chi connectivity index (χ2n) is 8.34. The summed E-state index contributed by atoms with van der Waals surface area (Å²) in [6.45, 7) is 6.47. The van der Waals surface area contributed by atoms with E-state index >= 15 is 0 Å². The van der Waals surface area contributed by atoms with Crippen LogP contribution in [-0.2, 0) is 11.3 Å². The molecule has 0 radical (unpaired) electrons. The lowest BCUT2D eigenvalue weighted by atomic mass is 10.1. The summed E-state index contributed by atoms with van der Waals surface area (Å²) >= 11 is 0. The van der Waals surface area contributed by atoms with Crippen molar-refractivity contribution >= 4 is 23.0 Å². The molecule has 1 aliphatic rings. The number of hydrogen-bond donors (Lipinski definition) is 1. The van der Waals surface area contributed by atoms with Crippen LogP contribution < -0.4 is 15.5 Å². The summed E-state index contributed by atoms with van der Waals surface area (Å²) in [6, 6.07) is 26.4. The quantitative estimate of drug-likeness (QED) is 0.420. The molecule has 4 rings (SSSR count). The molecule has 0 amide bonds. The monoisotopic (exact) mass is 444 g/mol. The van der Waals surface area contributed by atoms with E-state index in [1.165, 1.54) is 18.4 Å². The summed E-state index contributed by atoms with van der Waals surface area (Å²) in [5.41, 5.74) is 10.4. The highest BCUT2D eigenvalue weighted by Crippen LogP contribution is 2.26. The van der Waals surface area contributed by atoms with Crippen LogP contribution in [0.2, 0.25) is 0 Å². The van der Waals surface area contributed by atoms with Gasteiger partial charge >= 0.3 is 5.97 Å². The largest absolute Gasteiger partial charge is 0.465 e. The first-order chi connectivity index (χ1) is 16.1. The van der Waals surface area contributed by atoms with Gasteiger partial charge in [0.2, 0.25) is 0 Å². The maximum Gasteiger partial charge on any atom is 0.340 e. The molecule has 3 aromatic rings. The molecule has 0 aliphatic carbocycles. The molecule has 0 aromatic heterocycles. The molecule has 2 N–H and O–H groups in total. The Labute approximate surface area is 196 Å². The number of benzene rings is 3. The number of hydrogen-bond acceptors (Lipinski definition) is 6. The Balaban J connectivity index is 1.47. The number of anilines is 3. The lowest BCUT2D eigenvalue weighted by Crippen LogP contribution is -2.48. The highest BCUT2D eigenvalue weighted by Gasteiger charge is 2.21. The van der Waals surface area contributed by atoms with Crippen molar-refractivity contribution in [2.75, 3.05) is 61.9 Å². The van der Waals surface area contributed by atoms with Crippen LogP contribution in [-0.4, -0.2) is 57.2 Å². The number of esters is 1. The van der Waals surface area contributed by atoms with Crippen molar-refractivity contribution in [3.8, 4) is 0 Å². The van der Waals surface area contributed by atoms with Crippen molar-refractivity contribution in [2.45, 2.75) is 6.54 Å². The number of carbonyl (C=O) groups is 1. The van der Waals surface area contributed by atoms with E-state index < -0.39 is 0 Å². The van der Waals surface area contributed by atoms with Crippen molar-refractivity contribution in [3.63, 3.8) is 0 Å². The molecular formula is C27H32N4O2. The second kappa shape index (κ2) is 10.9. The first-order valence-electron chi connectivity index (χ1n) is 11.4. The van der Waals surface area contributed by atoms with Crippen molar-refractivity contribution in [3.05, 3.63) is 90.0 Å². The Bertz CT molecular complexity index is 1030. The molecule has 0 bridgehead atoms. The number of methoxy groups -OCH3 is 1. The summed E-state index contributed by atoms with van der Waals surface area (Å²) in [4.78, 5) is 19.7. The van der Waals surface area contributed by atoms with E-state index in [0.717, 1.165) is 45.0 Å². The number of ether oxygens (including phenoxy) is 1. The van der Waals surface area contributed by atoms with Crippen LogP contribution >= 0.6 is 0 Å². The summed E-state index contributed by atoms with van der Waals surface area (Å²) in [7, 11) is 1.41. The van der Waals surface area contributed by atoms with Crippen LogP contribution in [0.15, 0.2) is 78.9 Å². The van der Waals surface area contributed by atoms with Gasteiger partial charge in [-0.3, -0.25) is 4.90 Å². The second-order valence-corrected chi connectivity index (χ2v) is 8.34. The Morgan fingerprint density at radius 1 is 0.939 bits per heavy atom. The summed E-state index contributed by atoms with van der Waals surface area (Å²) in [5, 5.41) is 0. The third-order valence-corrected chi connectivity index (χ3v) is 6.16. The third kappa shape index (κ3) is 5.84. The average Bonchev–Trinajstić information content (AvgIpc) is 2.87. The number of piperazine rings is 1. The van der Waals surface area contributed by atoms with E-state index in [4.69, 9.17) is 10.5 Å². The lowest BCUT2D eigenvalue weighted by molar-refractivity contribution is 0.0601. The van der Waals surface area contributed by atoms with Crippen molar-refractivity contribution in [1.29, 1.82) is 0 Å². The molecule has 33 heavy (non-hydrogen) atoms. The highest BCUT2D eigenvalue weighted by molar-refractivity contribution is 5.97. The van der Waals surface area contributed by atoms with Crippen LogP contribution in [0.1, 0.15) is 15.9 Å². The van der Waals surface area contributed by atoms with Crippen molar-refractivity contribution in [1.82, 2.24) is 4.90 Å². The van der Waals surface area contributed by atoms with Crippen molar-refractivity contribution in [2.24, 2.45) is 0 Å². The zero-order valence-corrected chi connectivity index (χ0v) is 19.2. The molecule has 0 spiro atoms. The minimum Gasteiger partial charge on any atom is -0.465 e. The van der Waals surface area contributed by atoms with E-state index in [-0.39, 0.29) is 5.97 Å². The predicted octanol–water partition coefficient (Wildman–Crippen LogP) is 3.88. The van der Waals surface area contributed by atoms with Gasteiger partial charge in [0.25, 0.3) is 0 Å². The smallest absolute Gasteiger partial charge is 0.340 e. The fraction of sp³-hybridized carbons (Fsp3) is 0.296. The SMILES string of the molecule is COC(=O)c1cc(N)ccc1N(CCN1CCN(c2ccccc2)CC1)Cc1ccccc1. The number of para-hydroxylation sites is 1. The maximum atomic E-state index is 12.5. The van der Waals surface area contributed by atoms with Gasteiger partial charge in [-0.15, -0.1) is 0 Å². The molecule has 172 valence electrons. The van der Waals surface area contributed by atoms with Gasteiger partial charge in [0.05, 0.1) is 18.4 Å². The van der Waals surface area contributed by atoms with Crippen LogP contribution in [0.5, 0.6) is 0 Å². The maximum absolute atomic E-state index is 12.5. The summed E-state index contributed by atoms with van der Waals surface area (Å²) in [5.74, 6) is -0.369. The molecule has 6 heteroatoms. The fourth-order valence-electron chi connectivity index (χ4n) is 4.32. The van der Waals surface area contributed by atoms with Crippen LogP contribution in [0.4, 0.5) is 17.1 Å². The Morgan fingerprint density at radius 2 is 1.61 bits per heavy atom. The van der Waals surface area contributed by atoms with Gasteiger partial charge in [0.15, 0.2) is 0 Å². The Hall–Kier alpha value is -3.51. The van der Waals surface area contributed by atoms with Gasteiger partial charge < -0.3 is 20.3 Å². The first kappa shape index (κ1) is 22.7. The molecular weight excluding hydrogens is 412 g/mol. The molecule has 0 atom stereocenters. The third-order valence-electron chi connectivity index (χ3n) is 6.16. The molecule has 1 heterocycles. The fourth-order valence-corrected chi connectivity index (χ4v) is 4.32. The average molecular weight is 445 g/mol. The lowest BCUT2D eigenvalue weighted by Gasteiger charge is -2.37. The van der Waals surface area contributed by atoms with E-state index in [9.17, 15) is 4.79 Å². The first-order valence-corrected chi connectivity index (χ1v) is 11.4. The topological polar surface area (TPSA) is 62.0 Å². The van der Waals surface area contributed by atoms with Gasteiger partial charge in [-0.2, -0.15) is 0 Å². The van der Waals surface area contributed by atoms with Gasteiger partial charge in [-0.05, 0) is 35.9 Å². The number of nitrogen functional groups attached to an aromatic ring is 1. The number of nitrogens with two attached hydrogens (primary N) is 1. The number of carbonyl (C=O) groups excluding carboxylic acids is 1. The van der Waals surface area contributed by atoms with Gasteiger partial charge in [0, 0.05) is 57.2 Å². The molecule has 3 aromatic carbocycles. The van der Waals surface area contributed by atoms with Crippen LogP contribution in [0.3, 0.4) is 0 Å². The zero-order chi connectivity index (χ0) is 23.0. The van der Waals surface area contributed by atoms with E-state index in [2.05, 4.69) is 57.2 Å².